The van der Waals surface area contributed by atoms with E-state index in [1.54, 1.807) is 37.3 Å². The fraction of sp³-hybridized carbons (Fsp3) is 0.182. The first-order valence-corrected chi connectivity index (χ1v) is 13.2. The molecule has 0 amide bonds. The topological polar surface area (TPSA) is 148 Å². The van der Waals surface area contributed by atoms with Crippen molar-refractivity contribution in [3.8, 4) is 0 Å². The van der Waals surface area contributed by atoms with Gasteiger partial charge in [0, 0.05) is 5.56 Å². The molecule has 11 heteroatoms. The summed E-state index contributed by atoms with van der Waals surface area (Å²) in [4.78, 5) is 13.6. The number of aliphatic hydroxyl groups is 1. The standard InChI is InChI=1S/C22H23N3O6S2/c1-4-11-22(2)15-8-6-5-7-14(15)19(26)18(20(22)27)21-23-16-10-9-13(24-32(3,28)29)12-17(16)33(30,31)25-21/h4-10,12,24,26,30-31H,1,11H2,2-3H3,(H,23,25). The Morgan fingerprint density at radius 3 is 2.61 bits per heavy atom. The lowest BCUT2D eigenvalue weighted by molar-refractivity contribution is -0.120. The number of carbonyl (C=O) groups is 1. The Morgan fingerprint density at radius 2 is 1.94 bits per heavy atom. The van der Waals surface area contributed by atoms with Crippen molar-refractivity contribution in [2.45, 2.75) is 23.7 Å². The minimum absolute atomic E-state index is 0.0440. The van der Waals surface area contributed by atoms with E-state index in [9.17, 15) is 27.4 Å². The third-order valence-corrected chi connectivity index (χ3v) is 7.55. The normalized spacial score (nSPS) is 22.4. The molecule has 1 aliphatic carbocycles. The molecule has 2 aliphatic rings. The SMILES string of the molecule is C=CCC1(C)C(=O)C(C2=NS(O)(O)c3cc(NS(C)(=O)=O)ccc3N2)=C(O)c2ccccc21. The van der Waals surface area contributed by atoms with Crippen LogP contribution in [-0.4, -0.2) is 40.5 Å². The van der Waals surface area contributed by atoms with E-state index >= 15 is 0 Å². The van der Waals surface area contributed by atoms with Crippen LogP contribution in [0, 0.1) is 0 Å². The zero-order chi connectivity index (χ0) is 24.2. The average molecular weight is 490 g/mol. The second-order valence-electron chi connectivity index (χ2n) is 8.09. The van der Waals surface area contributed by atoms with Gasteiger partial charge in [0.1, 0.15) is 16.2 Å². The van der Waals surface area contributed by atoms with Crippen molar-refractivity contribution in [1.82, 2.24) is 0 Å². The summed E-state index contributed by atoms with van der Waals surface area (Å²) < 4.78 is 50.8. The lowest BCUT2D eigenvalue weighted by Crippen LogP contribution is -2.41. The van der Waals surface area contributed by atoms with Gasteiger partial charge in [-0.1, -0.05) is 41.1 Å². The molecule has 0 saturated carbocycles. The first kappa shape index (κ1) is 23.1. The molecular weight excluding hydrogens is 466 g/mol. The van der Waals surface area contributed by atoms with Crippen LogP contribution < -0.4 is 10.0 Å². The number of anilines is 2. The summed E-state index contributed by atoms with van der Waals surface area (Å²) in [5.41, 5.74) is 0.210. The van der Waals surface area contributed by atoms with E-state index in [0.29, 0.717) is 17.5 Å². The molecule has 5 N–H and O–H groups in total. The van der Waals surface area contributed by atoms with Crippen molar-refractivity contribution < 1.29 is 27.4 Å². The predicted molar refractivity (Wildman–Crippen MR) is 130 cm³/mol. The molecule has 33 heavy (non-hydrogen) atoms. The Labute approximate surface area is 193 Å². The number of hydrogen-bond acceptors (Lipinski definition) is 8. The molecule has 1 atom stereocenters. The van der Waals surface area contributed by atoms with Gasteiger partial charge in [0.15, 0.2) is 11.6 Å². The van der Waals surface area contributed by atoms with Crippen LogP contribution in [-0.2, 0) is 20.2 Å². The molecule has 9 nitrogen and oxygen atoms in total. The third-order valence-electron chi connectivity index (χ3n) is 5.58. The smallest absolute Gasteiger partial charge is 0.229 e. The largest absolute Gasteiger partial charge is 0.506 e. The van der Waals surface area contributed by atoms with Crippen molar-refractivity contribution in [2.24, 2.45) is 4.40 Å². The summed E-state index contributed by atoms with van der Waals surface area (Å²) in [6.07, 6.45) is 2.88. The van der Waals surface area contributed by atoms with Gasteiger partial charge in [0.05, 0.1) is 23.0 Å². The van der Waals surface area contributed by atoms with Crippen molar-refractivity contribution in [1.29, 1.82) is 0 Å². The maximum atomic E-state index is 13.6. The maximum Gasteiger partial charge on any atom is 0.229 e. The van der Waals surface area contributed by atoms with Crippen molar-refractivity contribution >= 4 is 49.6 Å². The Balaban J connectivity index is 1.85. The van der Waals surface area contributed by atoms with Crippen molar-refractivity contribution in [3.05, 3.63) is 71.8 Å². The highest BCUT2D eigenvalue weighted by Crippen LogP contribution is 2.57. The molecule has 2 aromatic carbocycles. The van der Waals surface area contributed by atoms with Crippen LogP contribution in [0.3, 0.4) is 0 Å². The number of nitrogens with one attached hydrogen (secondary N) is 2. The molecule has 0 saturated heterocycles. The third kappa shape index (κ3) is 3.93. The van der Waals surface area contributed by atoms with Gasteiger partial charge in [-0.2, -0.15) is 0 Å². The minimum Gasteiger partial charge on any atom is -0.506 e. The van der Waals surface area contributed by atoms with Crippen LogP contribution in [0.5, 0.6) is 0 Å². The lowest BCUT2D eigenvalue weighted by atomic mass is 9.67. The van der Waals surface area contributed by atoms with Crippen LogP contribution in [0.25, 0.3) is 5.76 Å². The molecule has 0 aromatic heterocycles. The number of rotatable bonds is 5. The molecule has 174 valence electrons. The fourth-order valence-corrected chi connectivity index (χ4v) is 5.83. The number of aliphatic hydroxyl groups excluding tert-OH is 1. The molecule has 0 fully saturated rings. The monoisotopic (exact) mass is 489 g/mol. The van der Waals surface area contributed by atoms with Crippen molar-refractivity contribution in [2.75, 3.05) is 16.3 Å². The molecule has 0 spiro atoms. The van der Waals surface area contributed by atoms with Crippen LogP contribution in [0.2, 0.25) is 0 Å². The second-order valence-corrected chi connectivity index (χ2v) is 11.5. The number of carbonyl (C=O) groups excluding carboxylic acids is 1. The summed E-state index contributed by atoms with van der Waals surface area (Å²) in [5, 5.41) is 13.9. The number of sulfonamides is 1. The first-order chi connectivity index (χ1) is 15.4. The molecule has 4 rings (SSSR count). The van der Waals surface area contributed by atoms with E-state index in [1.165, 1.54) is 18.2 Å². The maximum absolute atomic E-state index is 13.6. The van der Waals surface area contributed by atoms with Crippen LogP contribution >= 0.6 is 10.8 Å². The molecular formula is C22H23N3O6S2. The Hall–Kier alpha value is -3.12. The quantitative estimate of drug-likeness (QED) is 0.393. The minimum atomic E-state index is -3.82. The van der Waals surface area contributed by atoms with E-state index in [2.05, 4.69) is 21.0 Å². The number of Topliss-reactive ketones (excluding diaryl/α,β-unsaturated/α-hetero) is 1. The number of allylic oxidation sites excluding steroid dienone is 1. The highest BCUT2D eigenvalue weighted by molar-refractivity contribution is 8.23. The molecule has 0 radical (unpaired) electrons. The van der Waals surface area contributed by atoms with Gasteiger partial charge in [-0.3, -0.25) is 18.6 Å². The number of ketones is 1. The van der Waals surface area contributed by atoms with Crippen LogP contribution in [0.15, 0.2) is 70.0 Å². The number of amidine groups is 1. The first-order valence-electron chi connectivity index (χ1n) is 9.83. The van der Waals surface area contributed by atoms with Gasteiger partial charge in [-0.15, -0.1) is 11.0 Å². The van der Waals surface area contributed by atoms with Gasteiger partial charge in [-0.05, 0) is 37.1 Å². The van der Waals surface area contributed by atoms with E-state index in [-0.39, 0.29) is 33.4 Å². The molecule has 2 aromatic rings. The number of fused-ring (bicyclic) bond motifs is 2. The number of nitrogens with zero attached hydrogens (tertiary/aromatic N) is 1. The van der Waals surface area contributed by atoms with Crippen LogP contribution in [0.1, 0.15) is 24.5 Å². The summed E-state index contributed by atoms with van der Waals surface area (Å²) in [5.74, 6) is -0.949. The van der Waals surface area contributed by atoms with E-state index < -0.39 is 32.0 Å². The predicted octanol–water partition coefficient (Wildman–Crippen LogP) is 4.29. The lowest BCUT2D eigenvalue weighted by Gasteiger charge is -2.38. The van der Waals surface area contributed by atoms with Gasteiger partial charge >= 0.3 is 0 Å². The van der Waals surface area contributed by atoms with Crippen LogP contribution in [0.4, 0.5) is 11.4 Å². The number of hydrogen-bond donors (Lipinski definition) is 5. The second kappa shape index (κ2) is 7.73. The van der Waals surface area contributed by atoms with Gasteiger partial charge < -0.3 is 10.4 Å². The summed E-state index contributed by atoms with van der Waals surface area (Å²) >= 11 is 0. The highest BCUT2D eigenvalue weighted by atomic mass is 32.3. The van der Waals surface area contributed by atoms with E-state index in [0.717, 1.165) is 6.26 Å². The zero-order valence-electron chi connectivity index (χ0n) is 17.9. The summed E-state index contributed by atoms with van der Waals surface area (Å²) in [6.45, 7) is 5.49. The fourth-order valence-electron chi connectivity index (χ4n) is 4.09. The average Bonchev–Trinajstić information content (AvgIpc) is 2.72. The van der Waals surface area contributed by atoms with E-state index in [4.69, 9.17) is 0 Å². The summed E-state index contributed by atoms with van der Waals surface area (Å²) in [7, 11) is -7.40. The molecule has 0 bridgehead atoms. The van der Waals surface area contributed by atoms with Gasteiger partial charge in [0.2, 0.25) is 10.0 Å². The van der Waals surface area contributed by atoms with E-state index in [1.807, 2.05) is 0 Å². The van der Waals surface area contributed by atoms with Gasteiger partial charge in [0.25, 0.3) is 0 Å². The molecule has 1 unspecified atom stereocenters. The number of benzene rings is 2. The molecule has 1 aliphatic heterocycles. The summed E-state index contributed by atoms with van der Waals surface area (Å²) in [6, 6.07) is 11.1. The molecule has 1 heterocycles. The highest BCUT2D eigenvalue weighted by Gasteiger charge is 2.46. The Morgan fingerprint density at radius 1 is 1.24 bits per heavy atom. The van der Waals surface area contributed by atoms with Crippen molar-refractivity contribution in [3.63, 3.8) is 0 Å². The van der Waals surface area contributed by atoms with Gasteiger partial charge in [-0.25, -0.2) is 8.42 Å². The Kier molecular flexibility index (Phi) is 5.40. The zero-order valence-corrected chi connectivity index (χ0v) is 19.5. The Bertz CT molecular complexity index is 1360.